The maximum absolute atomic E-state index is 12.4. The average molecular weight is 327 g/mol. The Kier molecular flexibility index (Phi) is 4.09. The summed E-state index contributed by atoms with van der Waals surface area (Å²) >= 11 is 3.30. The van der Waals surface area contributed by atoms with Gasteiger partial charge < -0.3 is 15.4 Å². The van der Waals surface area contributed by atoms with Crippen LogP contribution in [0.1, 0.15) is 23.2 Å². The summed E-state index contributed by atoms with van der Waals surface area (Å²) in [6.07, 6.45) is 1.43. The van der Waals surface area contributed by atoms with Gasteiger partial charge >= 0.3 is 5.97 Å². The quantitative estimate of drug-likeness (QED) is 0.664. The third-order valence-electron chi connectivity index (χ3n) is 3.23. The highest BCUT2D eigenvalue weighted by Gasteiger charge is 2.35. The van der Waals surface area contributed by atoms with Crippen molar-refractivity contribution in [3.8, 4) is 0 Å². The third-order valence-corrected chi connectivity index (χ3v) is 3.72. The van der Waals surface area contributed by atoms with Gasteiger partial charge in [0.05, 0.1) is 12.7 Å². The van der Waals surface area contributed by atoms with Gasteiger partial charge in [-0.05, 0) is 31.0 Å². The van der Waals surface area contributed by atoms with Gasteiger partial charge in [-0.3, -0.25) is 4.79 Å². The molecule has 1 fully saturated rings. The highest BCUT2D eigenvalue weighted by Crippen LogP contribution is 2.25. The van der Waals surface area contributed by atoms with Gasteiger partial charge in [0.1, 0.15) is 6.04 Å². The highest BCUT2D eigenvalue weighted by molar-refractivity contribution is 9.10. The van der Waals surface area contributed by atoms with Crippen LogP contribution >= 0.6 is 15.9 Å². The first kappa shape index (κ1) is 13.9. The van der Waals surface area contributed by atoms with E-state index in [-0.39, 0.29) is 11.9 Å². The first-order chi connectivity index (χ1) is 9.04. The molecule has 0 bridgehead atoms. The molecule has 0 aromatic heterocycles. The van der Waals surface area contributed by atoms with E-state index in [1.165, 1.54) is 12.0 Å². The zero-order valence-electron chi connectivity index (χ0n) is 10.6. The van der Waals surface area contributed by atoms with Crippen LogP contribution in [0.4, 0.5) is 5.69 Å². The predicted octanol–water partition coefficient (Wildman–Crippen LogP) is 1.81. The van der Waals surface area contributed by atoms with Crippen molar-refractivity contribution < 1.29 is 14.3 Å². The normalized spacial score (nSPS) is 18.4. The van der Waals surface area contributed by atoms with E-state index in [2.05, 4.69) is 15.9 Å². The maximum Gasteiger partial charge on any atom is 0.328 e. The molecular weight excluding hydrogens is 312 g/mol. The molecular formula is C13H15BrN2O3. The van der Waals surface area contributed by atoms with Crippen LogP contribution in [0.15, 0.2) is 22.7 Å². The second-order valence-corrected chi connectivity index (χ2v) is 5.33. The topological polar surface area (TPSA) is 72.6 Å². The van der Waals surface area contributed by atoms with Gasteiger partial charge in [0, 0.05) is 16.7 Å². The van der Waals surface area contributed by atoms with Crippen molar-refractivity contribution in [3.63, 3.8) is 0 Å². The first-order valence-corrected chi connectivity index (χ1v) is 6.77. The van der Waals surface area contributed by atoms with Gasteiger partial charge in [0.15, 0.2) is 0 Å². The number of hydrogen-bond acceptors (Lipinski definition) is 4. The minimum absolute atomic E-state index is 0.224. The number of anilines is 1. The number of ether oxygens (including phenoxy) is 1. The summed E-state index contributed by atoms with van der Waals surface area (Å²) in [7, 11) is 1.33. The number of likely N-dealkylation sites (tertiary alicyclic amines) is 1. The summed E-state index contributed by atoms with van der Waals surface area (Å²) in [4.78, 5) is 25.6. The van der Waals surface area contributed by atoms with Crippen LogP contribution in [0.5, 0.6) is 0 Å². The average Bonchev–Trinajstić information content (AvgIpc) is 2.86. The van der Waals surface area contributed by atoms with Crippen molar-refractivity contribution in [1.82, 2.24) is 4.90 Å². The van der Waals surface area contributed by atoms with Crippen molar-refractivity contribution in [2.45, 2.75) is 18.9 Å². The second-order valence-electron chi connectivity index (χ2n) is 4.41. The van der Waals surface area contributed by atoms with Gasteiger partial charge in [0.2, 0.25) is 0 Å². The molecule has 1 saturated heterocycles. The lowest BCUT2D eigenvalue weighted by atomic mass is 10.1. The fourth-order valence-electron chi connectivity index (χ4n) is 2.27. The largest absolute Gasteiger partial charge is 0.467 e. The molecule has 1 aromatic rings. The van der Waals surface area contributed by atoms with E-state index in [0.717, 1.165) is 10.9 Å². The number of rotatable bonds is 2. The van der Waals surface area contributed by atoms with Crippen LogP contribution in [-0.4, -0.2) is 36.5 Å². The van der Waals surface area contributed by atoms with Gasteiger partial charge in [-0.25, -0.2) is 4.79 Å². The summed E-state index contributed by atoms with van der Waals surface area (Å²) in [6, 6.07) is 4.60. The number of nitrogen functional groups attached to an aromatic ring is 1. The molecule has 6 heteroatoms. The Bertz CT molecular complexity index is 519. The lowest BCUT2D eigenvalue weighted by Crippen LogP contribution is -2.41. The Labute approximate surface area is 119 Å². The van der Waals surface area contributed by atoms with E-state index in [1.807, 2.05) is 0 Å². The first-order valence-electron chi connectivity index (χ1n) is 5.98. The number of esters is 1. The molecule has 102 valence electrons. The molecule has 2 N–H and O–H groups in total. The zero-order chi connectivity index (χ0) is 14.0. The number of carbonyl (C=O) groups is 2. The molecule has 1 aromatic carbocycles. The van der Waals surface area contributed by atoms with Gasteiger partial charge in [-0.2, -0.15) is 0 Å². The van der Waals surface area contributed by atoms with Crippen LogP contribution < -0.4 is 5.73 Å². The monoisotopic (exact) mass is 326 g/mol. The Morgan fingerprint density at radius 3 is 2.84 bits per heavy atom. The van der Waals surface area contributed by atoms with Crippen LogP contribution in [0, 0.1) is 0 Å². The number of halogens is 1. The van der Waals surface area contributed by atoms with Crippen molar-refractivity contribution in [3.05, 3.63) is 28.2 Å². The number of amides is 1. The smallest absolute Gasteiger partial charge is 0.328 e. The van der Waals surface area contributed by atoms with Crippen LogP contribution in [0.25, 0.3) is 0 Å². The molecule has 0 aliphatic carbocycles. The number of carbonyl (C=O) groups excluding carboxylic acids is 2. The van der Waals surface area contributed by atoms with E-state index in [1.54, 1.807) is 18.2 Å². The fourth-order valence-corrected chi connectivity index (χ4v) is 2.65. The number of methoxy groups -OCH3 is 1. The molecule has 1 aliphatic rings. The van der Waals surface area contributed by atoms with E-state index < -0.39 is 6.04 Å². The van der Waals surface area contributed by atoms with Crippen molar-refractivity contribution in [2.24, 2.45) is 0 Å². The molecule has 2 rings (SSSR count). The molecule has 1 heterocycles. The highest BCUT2D eigenvalue weighted by atomic mass is 79.9. The standard InChI is InChI=1S/C13H15BrN2O3/c1-19-13(18)11-3-2-6-16(11)12(17)9-5-4-8(14)7-10(9)15/h4-5,7,11H,2-3,6,15H2,1H3. The number of nitrogens with zero attached hydrogens (tertiary/aromatic N) is 1. The summed E-state index contributed by atoms with van der Waals surface area (Å²) < 4.78 is 5.54. The van der Waals surface area contributed by atoms with E-state index >= 15 is 0 Å². The molecule has 0 radical (unpaired) electrons. The van der Waals surface area contributed by atoms with Crippen LogP contribution in [0.3, 0.4) is 0 Å². The summed E-state index contributed by atoms with van der Waals surface area (Å²) in [5.74, 6) is -0.598. The molecule has 0 saturated carbocycles. The molecule has 5 nitrogen and oxygen atoms in total. The van der Waals surface area contributed by atoms with E-state index in [0.29, 0.717) is 24.2 Å². The zero-order valence-corrected chi connectivity index (χ0v) is 12.1. The van der Waals surface area contributed by atoms with Crippen LogP contribution in [-0.2, 0) is 9.53 Å². The van der Waals surface area contributed by atoms with Gasteiger partial charge in [-0.1, -0.05) is 15.9 Å². The molecule has 1 aliphatic heterocycles. The molecule has 19 heavy (non-hydrogen) atoms. The molecule has 1 unspecified atom stereocenters. The Balaban J connectivity index is 2.25. The summed E-state index contributed by atoms with van der Waals surface area (Å²) in [5, 5.41) is 0. The van der Waals surface area contributed by atoms with Crippen LogP contribution in [0.2, 0.25) is 0 Å². The summed E-state index contributed by atoms with van der Waals surface area (Å²) in [5.41, 5.74) is 6.66. The molecule has 1 amide bonds. The lowest BCUT2D eigenvalue weighted by molar-refractivity contribution is -0.145. The van der Waals surface area contributed by atoms with E-state index in [9.17, 15) is 9.59 Å². The van der Waals surface area contributed by atoms with Crippen molar-refractivity contribution in [2.75, 3.05) is 19.4 Å². The van der Waals surface area contributed by atoms with Crippen molar-refractivity contribution >= 4 is 33.5 Å². The maximum atomic E-state index is 12.4. The van der Waals surface area contributed by atoms with Gasteiger partial charge in [0.25, 0.3) is 5.91 Å². The number of nitrogens with two attached hydrogens (primary N) is 1. The lowest BCUT2D eigenvalue weighted by Gasteiger charge is -2.23. The van der Waals surface area contributed by atoms with Gasteiger partial charge in [-0.15, -0.1) is 0 Å². The summed E-state index contributed by atoms with van der Waals surface area (Å²) in [6.45, 7) is 0.550. The molecule has 0 spiro atoms. The fraction of sp³-hybridized carbons (Fsp3) is 0.385. The Morgan fingerprint density at radius 1 is 1.47 bits per heavy atom. The predicted molar refractivity (Wildman–Crippen MR) is 74.6 cm³/mol. The minimum atomic E-state index is -0.499. The number of hydrogen-bond donors (Lipinski definition) is 1. The van der Waals surface area contributed by atoms with Crippen molar-refractivity contribution in [1.29, 1.82) is 0 Å². The molecule has 1 atom stereocenters. The number of benzene rings is 1. The third kappa shape index (κ3) is 2.73. The van der Waals surface area contributed by atoms with E-state index in [4.69, 9.17) is 10.5 Å². The minimum Gasteiger partial charge on any atom is -0.467 e. The second kappa shape index (κ2) is 5.61. The Hall–Kier alpha value is -1.56. The Morgan fingerprint density at radius 2 is 2.21 bits per heavy atom. The SMILES string of the molecule is COC(=O)C1CCCN1C(=O)c1ccc(Br)cc1N.